The molecular weight excluding hydrogens is 522 g/mol. The average molecular weight is 568 g/mol. The summed E-state index contributed by atoms with van der Waals surface area (Å²) in [6.45, 7) is 6.99. The van der Waals surface area contributed by atoms with Crippen LogP contribution in [0.15, 0.2) is 48.9 Å². The molecule has 11 nitrogen and oxygen atoms in total. The molecular formula is C30H45N7O4. The third kappa shape index (κ3) is 11.9. The van der Waals surface area contributed by atoms with Crippen LogP contribution in [0.25, 0.3) is 0 Å². The summed E-state index contributed by atoms with van der Waals surface area (Å²) in [7, 11) is 1.93. The number of rotatable bonds is 21. The summed E-state index contributed by atoms with van der Waals surface area (Å²) in [5, 5.41) is 14.4. The number of nitrogens with zero attached hydrogens (tertiary/aromatic N) is 4. The Hall–Kier alpha value is -3.38. The van der Waals surface area contributed by atoms with Crippen LogP contribution in [0, 0.1) is 0 Å². The van der Waals surface area contributed by atoms with Gasteiger partial charge in [0.1, 0.15) is 12.2 Å². The summed E-state index contributed by atoms with van der Waals surface area (Å²) in [5.41, 5.74) is 4.13. The molecule has 0 aliphatic heterocycles. The molecule has 1 amide bonds. The van der Waals surface area contributed by atoms with Gasteiger partial charge in [-0.15, -0.1) is 15.2 Å². The Morgan fingerprint density at radius 3 is 2.61 bits per heavy atom. The van der Waals surface area contributed by atoms with Gasteiger partial charge >= 0.3 is 0 Å². The first-order valence-corrected chi connectivity index (χ1v) is 14.7. The van der Waals surface area contributed by atoms with Crippen molar-refractivity contribution in [1.29, 1.82) is 0 Å². The Balaban J connectivity index is 1.33. The highest BCUT2D eigenvalue weighted by atomic mass is 17.3. The van der Waals surface area contributed by atoms with Gasteiger partial charge in [-0.2, -0.15) is 0 Å². The lowest BCUT2D eigenvalue weighted by atomic mass is 9.97. The summed E-state index contributed by atoms with van der Waals surface area (Å²) >= 11 is 0. The van der Waals surface area contributed by atoms with E-state index in [0.29, 0.717) is 12.3 Å². The second-order valence-electron chi connectivity index (χ2n) is 10.2. The van der Waals surface area contributed by atoms with Gasteiger partial charge in [0.05, 0.1) is 6.61 Å². The van der Waals surface area contributed by atoms with Crippen LogP contribution >= 0.6 is 0 Å². The van der Waals surface area contributed by atoms with Crippen molar-refractivity contribution in [1.82, 2.24) is 30.7 Å². The maximum absolute atomic E-state index is 13.0. The van der Waals surface area contributed by atoms with E-state index in [9.17, 15) is 4.79 Å². The topological polar surface area (TPSA) is 124 Å². The van der Waals surface area contributed by atoms with Gasteiger partial charge in [-0.05, 0) is 68.1 Å². The predicted molar refractivity (Wildman–Crippen MR) is 158 cm³/mol. The van der Waals surface area contributed by atoms with Gasteiger partial charge in [0.25, 0.3) is 5.91 Å². The van der Waals surface area contributed by atoms with Crippen molar-refractivity contribution in [2.45, 2.75) is 77.6 Å². The zero-order valence-electron chi connectivity index (χ0n) is 24.6. The molecule has 1 unspecified atom stereocenters. The molecule has 0 aliphatic carbocycles. The number of nitrogens with one attached hydrogen (secondary N) is 3. The van der Waals surface area contributed by atoms with Gasteiger partial charge in [-0.1, -0.05) is 58.1 Å². The zero-order chi connectivity index (χ0) is 29.1. The van der Waals surface area contributed by atoms with Crippen molar-refractivity contribution in [3.8, 4) is 5.75 Å². The molecule has 2 aromatic heterocycles. The highest BCUT2D eigenvalue weighted by Gasteiger charge is 2.16. The van der Waals surface area contributed by atoms with Crippen LogP contribution < -0.4 is 21.1 Å². The number of benzene rings is 1. The van der Waals surface area contributed by atoms with Crippen LogP contribution in [-0.4, -0.2) is 45.4 Å². The quantitative estimate of drug-likeness (QED) is 0.0895. The number of aromatic nitrogens is 4. The normalized spacial score (nSPS) is 11.9. The molecule has 0 spiro atoms. The van der Waals surface area contributed by atoms with E-state index in [1.165, 1.54) is 44.7 Å². The average Bonchev–Trinajstić information content (AvgIpc) is 3.39. The fourth-order valence-corrected chi connectivity index (χ4v) is 4.36. The molecule has 0 radical (unpaired) electrons. The van der Waals surface area contributed by atoms with E-state index < -0.39 is 5.91 Å². The van der Waals surface area contributed by atoms with Crippen LogP contribution in [0.2, 0.25) is 0 Å². The Kier molecular flexibility index (Phi) is 14.8. The number of unbranched alkanes of at least 4 members (excludes halogenated alkanes) is 6. The number of anilines is 1. The summed E-state index contributed by atoms with van der Waals surface area (Å²) in [5.74, 6) is 0.898. The van der Waals surface area contributed by atoms with Crippen LogP contribution in [-0.2, 0) is 23.3 Å². The van der Waals surface area contributed by atoms with E-state index in [2.05, 4.69) is 45.3 Å². The number of hydrogen-bond donors (Lipinski definition) is 3. The van der Waals surface area contributed by atoms with Crippen LogP contribution in [0.5, 0.6) is 5.75 Å². The van der Waals surface area contributed by atoms with Crippen LogP contribution in [0.1, 0.15) is 93.0 Å². The number of amides is 1. The second kappa shape index (κ2) is 18.9. The summed E-state index contributed by atoms with van der Waals surface area (Å²) in [4.78, 5) is 32.6. The maximum Gasteiger partial charge on any atom is 0.278 e. The van der Waals surface area contributed by atoms with Crippen LogP contribution in [0.3, 0.4) is 0 Å². The minimum atomic E-state index is -0.404. The largest absolute Gasteiger partial charge is 0.378 e. The molecule has 1 aromatic carbocycles. The van der Waals surface area contributed by atoms with Crippen molar-refractivity contribution >= 4 is 11.6 Å². The van der Waals surface area contributed by atoms with Gasteiger partial charge in [0.2, 0.25) is 0 Å². The van der Waals surface area contributed by atoms with Crippen molar-refractivity contribution in [2.75, 3.05) is 25.0 Å². The Labute approximate surface area is 243 Å². The van der Waals surface area contributed by atoms with Gasteiger partial charge in [-0.25, -0.2) is 9.87 Å². The summed E-state index contributed by atoms with van der Waals surface area (Å²) in [6, 6.07) is 11.0. The van der Waals surface area contributed by atoms with E-state index in [-0.39, 0.29) is 17.4 Å². The van der Waals surface area contributed by atoms with Crippen molar-refractivity contribution in [3.05, 3.63) is 66.0 Å². The third-order valence-corrected chi connectivity index (χ3v) is 6.75. The first kappa shape index (κ1) is 32.1. The standard InChI is InChI=1S/C30H45N7O4/c1-4-17-31-18-10-8-6-5-7-9-11-20-39-41-36-40-27-16-13-19-32-29(27)30(38)34-26-15-12-14-25(22-26)24(2)21-28-35-33-23-37(28)3/h12-16,19,22-24,31,36H,4-11,17-18,20-21H2,1-3H3,(H,34,38). The van der Waals surface area contributed by atoms with Crippen molar-refractivity contribution < 1.29 is 19.5 Å². The van der Waals surface area contributed by atoms with Gasteiger partial charge < -0.3 is 20.0 Å². The lowest BCUT2D eigenvalue weighted by Crippen LogP contribution is -2.23. The van der Waals surface area contributed by atoms with E-state index in [1.54, 1.807) is 18.5 Å². The molecule has 1 atom stereocenters. The molecule has 3 N–H and O–H groups in total. The zero-order valence-corrected chi connectivity index (χ0v) is 24.6. The molecule has 0 aliphatic rings. The molecule has 224 valence electrons. The van der Waals surface area contributed by atoms with Crippen molar-refractivity contribution in [2.24, 2.45) is 7.05 Å². The molecule has 0 saturated carbocycles. The number of pyridine rings is 1. The smallest absolute Gasteiger partial charge is 0.278 e. The molecule has 3 rings (SSSR count). The predicted octanol–water partition coefficient (Wildman–Crippen LogP) is 5.29. The lowest BCUT2D eigenvalue weighted by Gasteiger charge is -2.14. The lowest BCUT2D eigenvalue weighted by molar-refractivity contribution is -0.381. The Bertz CT molecular complexity index is 1160. The van der Waals surface area contributed by atoms with Gasteiger partial charge in [0, 0.05) is 31.0 Å². The SMILES string of the molecule is CCCNCCCCCCCCCOONOc1cccnc1C(=O)Nc1cccc(C(C)Cc2nncn2C)c1. The molecule has 11 heteroatoms. The number of aryl methyl sites for hydroxylation is 1. The molecule has 0 fully saturated rings. The van der Waals surface area contributed by atoms with Gasteiger partial charge in [0.15, 0.2) is 11.4 Å². The first-order chi connectivity index (χ1) is 20.1. The first-order valence-electron chi connectivity index (χ1n) is 14.7. The van der Waals surface area contributed by atoms with Crippen LogP contribution in [0.4, 0.5) is 5.69 Å². The minimum Gasteiger partial charge on any atom is -0.378 e. The third-order valence-electron chi connectivity index (χ3n) is 6.75. The van der Waals surface area contributed by atoms with E-state index in [1.807, 2.05) is 35.9 Å². The molecule has 0 bridgehead atoms. The van der Waals surface area contributed by atoms with E-state index in [4.69, 9.17) is 14.7 Å². The fourth-order valence-electron chi connectivity index (χ4n) is 4.36. The fraction of sp³-hybridized carbons (Fsp3) is 0.533. The highest BCUT2D eigenvalue weighted by Crippen LogP contribution is 2.23. The van der Waals surface area contributed by atoms with Crippen molar-refractivity contribution in [3.63, 3.8) is 0 Å². The Morgan fingerprint density at radius 1 is 1.02 bits per heavy atom. The number of hydrogen-bond acceptors (Lipinski definition) is 9. The molecule has 41 heavy (non-hydrogen) atoms. The summed E-state index contributed by atoms with van der Waals surface area (Å²) in [6.07, 6.45) is 13.4. The molecule has 2 heterocycles. The second-order valence-corrected chi connectivity index (χ2v) is 10.2. The van der Waals surface area contributed by atoms with E-state index >= 15 is 0 Å². The monoisotopic (exact) mass is 567 g/mol. The summed E-state index contributed by atoms with van der Waals surface area (Å²) < 4.78 is 1.91. The molecule has 3 aromatic rings. The Morgan fingerprint density at radius 2 is 1.83 bits per heavy atom. The van der Waals surface area contributed by atoms with E-state index in [0.717, 1.165) is 43.7 Å². The maximum atomic E-state index is 13.0. The number of carbonyl (C=O) groups excluding carboxylic acids is 1. The van der Waals surface area contributed by atoms with Gasteiger partial charge in [-0.3, -0.25) is 4.79 Å². The highest BCUT2D eigenvalue weighted by molar-refractivity contribution is 6.04. The number of carbonyl (C=O) groups is 1. The molecule has 0 saturated heterocycles. The minimum absolute atomic E-state index is 0.113.